The summed E-state index contributed by atoms with van der Waals surface area (Å²) in [5, 5.41) is 14.0. The summed E-state index contributed by atoms with van der Waals surface area (Å²) in [6.45, 7) is 2.06. The lowest BCUT2D eigenvalue weighted by molar-refractivity contribution is -0.385. The minimum absolute atomic E-state index is 0.0632. The van der Waals surface area contributed by atoms with Gasteiger partial charge in [-0.2, -0.15) is 0 Å². The van der Waals surface area contributed by atoms with Gasteiger partial charge in [0.05, 0.1) is 4.92 Å². The topological polar surface area (TPSA) is 55.2 Å². The molecule has 0 radical (unpaired) electrons. The van der Waals surface area contributed by atoms with Crippen molar-refractivity contribution in [1.29, 1.82) is 0 Å². The van der Waals surface area contributed by atoms with Gasteiger partial charge in [-0.3, -0.25) is 10.1 Å². The van der Waals surface area contributed by atoms with E-state index in [-0.39, 0.29) is 11.5 Å². The van der Waals surface area contributed by atoms with Crippen LogP contribution in [-0.4, -0.2) is 4.92 Å². The van der Waals surface area contributed by atoms with Gasteiger partial charge in [-0.05, 0) is 36.8 Å². The zero-order chi connectivity index (χ0) is 14.7. The zero-order valence-electron chi connectivity index (χ0n) is 10.7. The van der Waals surface area contributed by atoms with Crippen molar-refractivity contribution in [2.75, 3.05) is 5.32 Å². The van der Waals surface area contributed by atoms with E-state index in [4.69, 9.17) is 0 Å². The zero-order valence-corrected chi connectivity index (χ0v) is 12.3. The summed E-state index contributed by atoms with van der Waals surface area (Å²) in [5.74, 6) is -0.319. The van der Waals surface area contributed by atoms with Crippen LogP contribution in [0.15, 0.2) is 40.9 Å². The highest BCUT2D eigenvalue weighted by Gasteiger charge is 2.13. The molecule has 0 heterocycles. The molecular formula is C14H12BrFN2O2. The average molecular weight is 339 g/mol. The third kappa shape index (κ3) is 3.14. The average Bonchev–Trinajstić information content (AvgIpc) is 2.41. The predicted molar refractivity (Wildman–Crippen MR) is 79.3 cm³/mol. The van der Waals surface area contributed by atoms with E-state index in [0.29, 0.717) is 17.8 Å². The molecule has 0 unspecified atom stereocenters. The Labute approximate surface area is 123 Å². The van der Waals surface area contributed by atoms with Gasteiger partial charge in [0.1, 0.15) is 5.82 Å². The molecule has 104 valence electrons. The molecule has 20 heavy (non-hydrogen) atoms. The van der Waals surface area contributed by atoms with Crippen LogP contribution in [0.4, 0.5) is 15.8 Å². The molecule has 2 rings (SSSR count). The number of nitrogens with one attached hydrogen (secondary N) is 1. The number of nitrogens with zero attached hydrogens (tertiary/aromatic N) is 1. The van der Waals surface area contributed by atoms with Crippen molar-refractivity contribution < 1.29 is 9.31 Å². The molecule has 0 aliphatic carbocycles. The largest absolute Gasteiger partial charge is 0.381 e. The Morgan fingerprint density at radius 2 is 2.10 bits per heavy atom. The Hall–Kier alpha value is -1.95. The number of hydrogen-bond donors (Lipinski definition) is 1. The van der Waals surface area contributed by atoms with Crippen molar-refractivity contribution in [2.24, 2.45) is 0 Å². The van der Waals surface area contributed by atoms with Crippen LogP contribution >= 0.6 is 15.9 Å². The molecule has 0 saturated carbocycles. The van der Waals surface area contributed by atoms with E-state index < -0.39 is 4.92 Å². The summed E-state index contributed by atoms with van der Waals surface area (Å²) in [5.41, 5.74) is 2.03. The van der Waals surface area contributed by atoms with E-state index in [9.17, 15) is 14.5 Å². The fourth-order valence-corrected chi connectivity index (χ4v) is 2.27. The number of nitro benzene ring substituents is 1. The molecule has 0 fully saturated rings. The molecule has 0 aromatic heterocycles. The first kappa shape index (κ1) is 14.5. The fourth-order valence-electron chi connectivity index (χ4n) is 1.88. The van der Waals surface area contributed by atoms with Crippen molar-refractivity contribution in [2.45, 2.75) is 13.5 Å². The highest BCUT2D eigenvalue weighted by molar-refractivity contribution is 9.10. The smallest absolute Gasteiger partial charge is 0.274 e. The first-order chi connectivity index (χ1) is 9.49. The van der Waals surface area contributed by atoms with Gasteiger partial charge in [-0.1, -0.05) is 22.0 Å². The van der Waals surface area contributed by atoms with E-state index in [2.05, 4.69) is 21.2 Å². The second-order valence-corrected chi connectivity index (χ2v) is 5.15. The SMILES string of the molecule is Cc1c(NCc2cc(F)ccc2Br)cccc1[N+](=O)[O-]. The van der Waals surface area contributed by atoms with Crippen molar-refractivity contribution in [3.63, 3.8) is 0 Å². The van der Waals surface area contributed by atoms with Crippen LogP contribution < -0.4 is 5.32 Å². The monoisotopic (exact) mass is 338 g/mol. The molecule has 0 amide bonds. The van der Waals surface area contributed by atoms with Crippen LogP contribution in [-0.2, 0) is 6.54 Å². The third-order valence-corrected chi connectivity index (χ3v) is 3.75. The van der Waals surface area contributed by atoms with Gasteiger partial charge in [-0.15, -0.1) is 0 Å². The molecule has 2 aromatic carbocycles. The maximum absolute atomic E-state index is 13.2. The Morgan fingerprint density at radius 1 is 1.35 bits per heavy atom. The number of benzene rings is 2. The van der Waals surface area contributed by atoms with E-state index in [1.807, 2.05) is 0 Å². The maximum Gasteiger partial charge on any atom is 0.274 e. The standard InChI is InChI=1S/C14H12BrFN2O2/c1-9-13(3-2-4-14(9)18(19)20)17-8-10-7-11(16)5-6-12(10)15/h2-7,17H,8H2,1H3. The highest BCUT2D eigenvalue weighted by Crippen LogP contribution is 2.26. The number of nitro groups is 1. The van der Waals surface area contributed by atoms with Crippen molar-refractivity contribution in [1.82, 2.24) is 0 Å². The van der Waals surface area contributed by atoms with Gasteiger partial charge in [-0.25, -0.2) is 4.39 Å². The molecule has 0 aliphatic rings. The third-order valence-electron chi connectivity index (χ3n) is 2.98. The van der Waals surface area contributed by atoms with E-state index in [1.165, 1.54) is 18.2 Å². The minimum atomic E-state index is -0.418. The second-order valence-electron chi connectivity index (χ2n) is 4.30. The molecule has 0 atom stereocenters. The summed E-state index contributed by atoms with van der Waals surface area (Å²) in [4.78, 5) is 10.4. The summed E-state index contributed by atoms with van der Waals surface area (Å²) >= 11 is 3.35. The predicted octanol–water partition coefficient (Wildman–Crippen LogP) is 4.42. The Morgan fingerprint density at radius 3 is 2.80 bits per heavy atom. The van der Waals surface area contributed by atoms with Crippen molar-refractivity contribution >= 4 is 27.3 Å². The first-order valence-corrected chi connectivity index (χ1v) is 6.70. The van der Waals surface area contributed by atoms with Crippen molar-refractivity contribution in [3.8, 4) is 0 Å². The molecule has 0 spiro atoms. The minimum Gasteiger partial charge on any atom is -0.381 e. The Balaban J connectivity index is 2.21. The van der Waals surface area contributed by atoms with Gasteiger partial charge >= 0.3 is 0 Å². The second kappa shape index (κ2) is 6.00. The van der Waals surface area contributed by atoms with E-state index in [0.717, 1.165) is 10.0 Å². The quantitative estimate of drug-likeness (QED) is 0.663. The Bertz CT molecular complexity index is 662. The van der Waals surface area contributed by atoms with Gasteiger partial charge in [0, 0.05) is 28.3 Å². The van der Waals surface area contributed by atoms with Crippen LogP contribution in [0.3, 0.4) is 0 Å². The van der Waals surface area contributed by atoms with Crippen molar-refractivity contribution in [3.05, 3.63) is 67.9 Å². The molecule has 1 N–H and O–H groups in total. The molecule has 0 saturated heterocycles. The molecular weight excluding hydrogens is 327 g/mol. The first-order valence-electron chi connectivity index (χ1n) is 5.91. The summed E-state index contributed by atoms with van der Waals surface area (Å²) in [6.07, 6.45) is 0. The highest BCUT2D eigenvalue weighted by atomic mass is 79.9. The van der Waals surface area contributed by atoms with Gasteiger partial charge in [0.2, 0.25) is 0 Å². The Kier molecular flexibility index (Phi) is 4.34. The molecule has 0 aliphatic heterocycles. The van der Waals surface area contributed by atoms with Gasteiger partial charge in [0.25, 0.3) is 5.69 Å². The molecule has 2 aromatic rings. The maximum atomic E-state index is 13.2. The molecule has 4 nitrogen and oxygen atoms in total. The fraction of sp³-hybridized carbons (Fsp3) is 0.143. The number of anilines is 1. The number of hydrogen-bond acceptors (Lipinski definition) is 3. The lowest BCUT2D eigenvalue weighted by atomic mass is 10.1. The van der Waals surface area contributed by atoms with Crippen LogP contribution in [0.5, 0.6) is 0 Å². The lowest BCUT2D eigenvalue weighted by Crippen LogP contribution is -2.03. The summed E-state index contributed by atoms with van der Waals surface area (Å²) < 4.78 is 14.0. The van der Waals surface area contributed by atoms with Crippen LogP contribution in [0.25, 0.3) is 0 Å². The molecule has 6 heteroatoms. The summed E-state index contributed by atoms with van der Waals surface area (Å²) in [6, 6.07) is 9.25. The number of rotatable bonds is 4. The normalized spacial score (nSPS) is 10.3. The van der Waals surface area contributed by atoms with Crippen LogP contribution in [0.1, 0.15) is 11.1 Å². The van der Waals surface area contributed by atoms with Crippen LogP contribution in [0.2, 0.25) is 0 Å². The van der Waals surface area contributed by atoms with E-state index >= 15 is 0 Å². The van der Waals surface area contributed by atoms with E-state index in [1.54, 1.807) is 25.1 Å². The van der Waals surface area contributed by atoms with Gasteiger partial charge < -0.3 is 5.32 Å². The van der Waals surface area contributed by atoms with Crippen LogP contribution in [0, 0.1) is 22.9 Å². The summed E-state index contributed by atoms with van der Waals surface area (Å²) in [7, 11) is 0. The number of halogens is 2. The van der Waals surface area contributed by atoms with Gasteiger partial charge in [0.15, 0.2) is 0 Å². The lowest BCUT2D eigenvalue weighted by Gasteiger charge is -2.11. The molecule has 0 bridgehead atoms.